The molecule has 0 bridgehead atoms. The average molecular weight is 305 g/mol. The predicted molar refractivity (Wildman–Crippen MR) is 95.1 cm³/mol. The van der Waals surface area contributed by atoms with Crippen LogP contribution in [0.5, 0.6) is 5.75 Å². The van der Waals surface area contributed by atoms with Crippen LogP contribution in [0.4, 0.5) is 0 Å². The van der Waals surface area contributed by atoms with Crippen LogP contribution in [0.2, 0.25) is 0 Å². The highest BCUT2D eigenvalue weighted by atomic mass is 16.5. The molecule has 0 aliphatic rings. The molecule has 3 heteroatoms. The Morgan fingerprint density at radius 2 is 1.61 bits per heavy atom. The third-order valence-corrected chi connectivity index (χ3v) is 4.61. The maximum Gasteiger partial charge on any atom is 0.263 e. The minimum Gasteiger partial charge on any atom is -0.491 e. The molecule has 0 N–H and O–H groups in total. The van der Waals surface area contributed by atoms with E-state index in [1.54, 1.807) is 0 Å². The zero-order valence-corrected chi connectivity index (χ0v) is 13.8. The van der Waals surface area contributed by atoms with Gasteiger partial charge in [0, 0.05) is 21.9 Å². The topological polar surface area (TPSA) is 30.7 Å². The normalized spacial score (nSPS) is 12.0. The maximum atomic E-state index is 12.9. The molecule has 0 atom stereocenters. The Bertz CT molecular complexity index is 1110. The van der Waals surface area contributed by atoms with Gasteiger partial charge in [-0.3, -0.25) is 9.20 Å². The molecule has 2 heterocycles. The van der Waals surface area contributed by atoms with E-state index < -0.39 is 0 Å². The summed E-state index contributed by atoms with van der Waals surface area (Å²) in [6.07, 6.45) is 0.114. The van der Waals surface area contributed by atoms with Crippen molar-refractivity contribution in [1.29, 1.82) is 0 Å². The van der Waals surface area contributed by atoms with Crippen molar-refractivity contribution in [3.8, 4) is 5.75 Å². The molecule has 0 saturated heterocycles. The summed E-state index contributed by atoms with van der Waals surface area (Å²) in [4.78, 5) is 12.9. The lowest BCUT2D eigenvalue weighted by Gasteiger charge is -2.12. The molecule has 4 rings (SSSR count). The first-order valence-electron chi connectivity index (χ1n) is 7.95. The third-order valence-electron chi connectivity index (χ3n) is 4.61. The highest BCUT2D eigenvalue weighted by Crippen LogP contribution is 2.35. The zero-order chi connectivity index (χ0) is 16.3. The molecule has 23 heavy (non-hydrogen) atoms. The summed E-state index contributed by atoms with van der Waals surface area (Å²) in [6.45, 7) is 8.13. The van der Waals surface area contributed by atoms with Crippen LogP contribution >= 0.6 is 0 Å². The zero-order valence-electron chi connectivity index (χ0n) is 13.8. The maximum absolute atomic E-state index is 12.9. The number of fused-ring (bicyclic) bond motifs is 2. The summed E-state index contributed by atoms with van der Waals surface area (Å²) >= 11 is 0. The van der Waals surface area contributed by atoms with Gasteiger partial charge in [-0.25, -0.2) is 0 Å². The fourth-order valence-electron chi connectivity index (χ4n) is 3.49. The van der Waals surface area contributed by atoms with Crippen molar-refractivity contribution in [3.05, 3.63) is 58.0 Å². The van der Waals surface area contributed by atoms with Gasteiger partial charge in [-0.2, -0.15) is 0 Å². The number of aryl methyl sites for hydroxylation is 2. The SMILES string of the molecule is Cc1c(C)n2c(=O)c3ccccc3c3cc(OC(C)C)cc1c32. The van der Waals surface area contributed by atoms with E-state index in [4.69, 9.17) is 4.74 Å². The fraction of sp³-hybridized carbons (Fsp3) is 0.250. The standard InChI is InChI=1S/C20H19NO2/c1-11(2)23-14-9-17-12(3)13(4)21-19(17)18(10-14)15-7-5-6-8-16(15)20(21)22/h5-11H,1-4H3. The van der Waals surface area contributed by atoms with E-state index in [-0.39, 0.29) is 11.7 Å². The van der Waals surface area contributed by atoms with E-state index in [9.17, 15) is 4.79 Å². The number of ether oxygens (including phenoxy) is 1. The smallest absolute Gasteiger partial charge is 0.263 e. The van der Waals surface area contributed by atoms with E-state index in [1.807, 2.05) is 49.4 Å². The first-order chi connectivity index (χ1) is 11.0. The Kier molecular flexibility index (Phi) is 2.89. The molecule has 3 nitrogen and oxygen atoms in total. The van der Waals surface area contributed by atoms with Crippen LogP contribution in [-0.2, 0) is 0 Å². The molecule has 0 amide bonds. The van der Waals surface area contributed by atoms with Crippen molar-refractivity contribution < 1.29 is 4.74 Å². The number of hydrogen-bond donors (Lipinski definition) is 0. The van der Waals surface area contributed by atoms with E-state index >= 15 is 0 Å². The summed E-state index contributed by atoms with van der Waals surface area (Å²) in [5.74, 6) is 0.854. The Labute approximate surface area is 134 Å². The minimum atomic E-state index is 0.0567. The van der Waals surface area contributed by atoms with Gasteiger partial charge >= 0.3 is 0 Å². The highest BCUT2D eigenvalue weighted by molar-refractivity contribution is 6.13. The number of nitrogens with zero attached hydrogens (tertiary/aromatic N) is 1. The quantitative estimate of drug-likeness (QED) is 0.512. The summed E-state index contributed by atoms with van der Waals surface area (Å²) in [5.41, 5.74) is 3.19. The highest BCUT2D eigenvalue weighted by Gasteiger charge is 2.18. The molecule has 2 aromatic carbocycles. The van der Waals surface area contributed by atoms with E-state index in [0.717, 1.165) is 44.1 Å². The lowest BCUT2D eigenvalue weighted by atomic mass is 10.0. The predicted octanol–water partition coefficient (Wildman–Crippen LogP) is 4.45. The van der Waals surface area contributed by atoms with Gasteiger partial charge in [-0.15, -0.1) is 0 Å². The Hall–Kier alpha value is -2.55. The van der Waals surface area contributed by atoms with Gasteiger partial charge in [0.05, 0.1) is 11.6 Å². The molecule has 0 saturated carbocycles. The summed E-state index contributed by atoms with van der Waals surface area (Å²) in [6, 6.07) is 11.9. The number of rotatable bonds is 2. The molecular formula is C20H19NO2. The number of hydrogen-bond acceptors (Lipinski definition) is 2. The summed E-state index contributed by atoms with van der Waals surface area (Å²) in [7, 11) is 0. The summed E-state index contributed by atoms with van der Waals surface area (Å²) < 4.78 is 7.79. The molecule has 0 aliphatic carbocycles. The minimum absolute atomic E-state index is 0.0567. The van der Waals surface area contributed by atoms with Crippen molar-refractivity contribution in [2.45, 2.75) is 33.8 Å². The Morgan fingerprint density at radius 3 is 2.30 bits per heavy atom. The van der Waals surface area contributed by atoms with Crippen molar-refractivity contribution in [1.82, 2.24) is 4.40 Å². The third kappa shape index (κ3) is 1.86. The first-order valence-corrected chi connectivity index (χ1v) is 7.95. The second-order valence-electron chi connectivity index (χ2n) is 6.43. The Balaban J connectivity index is 2.30. The van der Waals surface area contributed by atoms with Crippen LogP contribution in [-0.4, -0.2) is 10.5 Å². The molecule has 0 radical (unpaired) electrons. The van der Waals surface area contributed by atoms with E-state index in [0.29, 0.717) is 0 Å². The molecule has 0 fully saturated rings. The second-order valence-corrected chi connectivity index (χ2v) is 6.43. The van der Waals surface area contributed by atoms with Crippen molar-refractivity contribution in [2.75, 3.05) is 0 Å². The van der Waals surface area contributed by atoms with Gasteiger partial charge in [0.1, 0.15) is 5.75 Å². The van der Waals surface area contributed by atoms with Gasteiger partial charge < -0.3 is 4.74 Å². The van der Waals surface area contributed by atoms with Gasteiger partial charge in [0.25, 0.3) is 5.56 Å². The van der Waals surface area contributed by atoms with Gasteiger partial charge in [0.15, 0.2) is 0 Å². The lowest BCUT2D eigenvalue weighted by Crippen LogP contribution is -2.14. The van der Waals surface area contributed by atoms with Crippen LogP contribution < -0.4 is 10.3 Å². The average Bonchev–Trinajstić information content (AvgIpc) is 2.77. The molecule has 2 aromatic heterocycles. The molecule has 4 aromatic rings. The van der Waals surface area contributed by atoms with Crippen molar-refractivity contribution in [2.24, 2.45) is 0 Å². The number of pyridine rings is 1. The van der Waals surface area contributed by atoms with Crippen molar-refractivity contribution >= 4 is 27.1 Å². The van der Waals surface area contributed by atoms with Crippen LogP contribution in [0.1, 0.15) is 25.1 Å². The van der Waals surface area contributed by atoms with Gasteiger partial charge in [-0.1, -0.05) is 18.2 Å². The van der Waals surface area contributed by atoms with Gasteiger partial charge in [-0.05, 0) is 56.8 Å². The fourth-order valence-corrected chi connectivity index (χ4v) is 3.49. The first kappa shape index (κ1) is 14.1. The molecule has 0 spiro atoms. The number of aromatic nitrogens is 1. The molecule has 0 aliphatic heterocycles. The molecule has 0 unspecified atom stereocenters. The van der Waals surface area contributed by atoms with E-state index in [2.05, 4.69) is 19.1 Å². The largest absolute Gasteiger partial charge is 0.491 e. The van der Waals surface area contributed by atoms with Crippen LogP contribution in [0.3, 0.4) is 0 Å². The Morgan fingerprint density at radius 1 is 0.957 bits per heavy atom. The van der Waals surface area contributed by atoms with Crippen LogP contribution in [0.15, 0.2) is 41.2 Å². The van der Waals surface area contributed by atoms with E-state index in [1.165, 1.54) is 0 Å². The van der Waals surface area contributed by atoms with Crippen LogP contribution in [0.25, 0.3) is 27.1 Å². The lowest BCUT2D eigenvalue weighted by molar-refractivity contribution is 0.243. The van der Waals surface area contributed by atoms with Crippen LogP contribution in [0, 0.1) is 13.8 Å². The number of benzene rings is 2. The molecule has 116 valence electrons. The second kappa shape index (κ2) is 4.72. The monoisotopic (exact) mass is 305 g/mol. The molecular weight excluding hydrogens is 286 g/mol. The van der Waals surface area contributed by atoms with Gasteiger partial charge in [0.2, 0.25) is 0 Å². The summed E-state index contributed by atoms with van der Waals surface area (Å²) in [5, 5.41) is 3.91. The van der Waals surface area contributed by atoms with Crippen molar-refractivity contribution in [3.63, 3.8) is 0 Å².